The molecule has 7 rings (SSSR count). The maximum Gasteiger partial charge on any atom is 0.148 e. The van der Waals surface area contributed by atoms with Gasteiger partial charge in [-0.3, -0.25) is 4.90 Å². The van der Waals surface area contributed by atoms with Crippen molar-refractivity contribution in [2.75, 3.05) is 47.8 Å². The lowest BCUT2D eigenvalue weighted by Gasteiger charge is -2.69. The van der Waals surface area contributed by atoms with Crippen LogP contribution < -0.4 is 0 Å². The molecule has 8 heteroatoms. The van der Waals surface area contributed by atoms with E-state index in [1.165, 1.54) is 0 Å². The van der Waals surface area contributed by atoms with Gasteiger partial charge in [-0.1, -0.05) is 6.92 Å². The first-order valence-corrected chi connectivity index (χ1v) is 12.9. The van der Waals surface area contributed by atoms with Crippen LogP contribution in [0.3, 0.4) is 0 Å². The van der Waals surface area contributed by atoms with E-state index in [0.717, 1.165) is 32.4 Å². The lowest BCUT2D eigenvalue weighted by Crippen LogP contribution is -2.81. The summed E-state index contributed by atoms with van der Waals surface area (Å²) in [5, 5.41) is 23.8. The molecule has 0 aromatic carbocycles. The monoisotopic (exact) mass is 465 g/mol. The summed E-state index contributed by atoms with van der Waals surface area (Å²) >= 11 is 0. The molecule has 5 aliphatic carbocycles. The fourth-order valence-electron chi connectivity index (χ4n) is 11.4. The minimum absolute atomic E-state index is 0.0180. The first-order chi connectivity index (χ1) is 15.9. The van der Waals surface area contributed by atoms with Crippen molar-refractivity contribution in [1.29, 1.82) is 0 Å². The number of aliphatic hydroxyl groups is 2. The van der Waals surface area contributed by atoms with Crippen molar-refractivity contribution < 1.29 is 33.9 Å². The Bertz CT molecular complexity index is 844. The standard InChI is InChI=1S/C25H39NO7/c1-5-26-10-22(11-29-2)7-6-16(27)24-14-8-13-15(30-3)9-23(17(14)18(13)28)25(21(24)26,33-12-32-23)20(31-4)19(22)24/h13-21,27-28H,5-12H2,1-4H3/t13-,14-,15-,16-,17-,18+,19-,20+,21+,22+,23-,24+,25-/m1/s1. The van der Waals surface area contributed by atoms with Crippen LogP contribution in [0.2, 0.25) is 0 Å². The normalized spacial score (nSPS) is 62.5. The van der Waals surface area contributed by atoms with Crippen molar-refractivity contribution >= 4 is 0 Å². The molecule has 0 aromatic heterocycles. The highest BCUT2D eigenvalue weighted by Crippen LogP contribution is 2.82. The third-order valence-corrected chi connectivity index (χ3v) is 11.8. The van der Waals surface area contributed by atoms with Gasteiger partial charge in [-0.15, -0.1) is 0 Å². The number of methoxy groups -OCH3 is 3. The Morgan fingerprint density at radius 3 is 2.64 bits per heavy atom. The molecule has 5 saturated carbocycles. The SMILES string of the molecule is CCN1C[C@]2(COC)CC[C@@H](O)[C@@]34[C@@H]5C[C@H]6[C@H](O)[C@@H]5[C@@]5(C[C@H]6OC)OCO[C@]5([C@@H](OC)[C@H]23)[C@@H]14. The first kappa shape index (κ1) is 21.9. The zero-order valence-corrected chi connectivity index (χ0v) is 20.2. The number of rotatable bonds is 5. The van der Waals surface area contributed by atoms with Crippen molar-refractivity contribution in [1.82, 2.24) is 4.90 Å². The topological polar surface area (TPSA) is 89.9 Å². The highest BCUT2D eigenvalue weighted by atomic mass is 16.7. The highest BCUT2D eigenvalue weighted by molar-refractivity contribution is 5.42. The van der Waals surface area contributed by atoms with Crippen LogP contribution in [-0.2, 0) is 23.7 Å². The number of hydrogen-bond acceptors (Lipinski definition) is 8. The number of ether oxygens (including phenoxy) is 5. The Hall–Kier alpha value is -0.320. The predicted octanol–water partition coefficient (Wildman–Crippen LogP) is 0.637. The maximum atomic E-state index is 12.0. The third-order valence-electron chi connectivity index (χ3n) is 11.8. The van der Waals surface area contributed by atoms with E-state index in [2.05, 4.69) is 11.8 Å². The number of nitrogens with zero attached hydrogens (tertiary/aromatic N) is 1. The lowest BCUT2D eigenvalue weighted by molar-refractivity contribution is -0.282. The average Bonchev–Trinajstić information content (AvgIpc) is 3.36. The summed E-state index contributed by atoms with van der Waals surface area (Å²) in [6.45, 7) is 4.83. The van der Waals surface area contributed by atoms with Gasteiger partial charge < -0.3 is 33.9 Å². The first-order valence-electron chi connectivity index (χ1n) is 12.9. The zero-order valence-electron chi connectivity index (χ0n) is 20.2. The number of fused-ring (bicyclic) bond motifs is 1. The smallest absolute Gasteiger partial charge is 0.148 e. The molecule has 7 fully saturated rings. The van der Waals surface area contributed by atoms with Gasteiger partial charge in [-0.25, -0.2) is 0 Å². The third kappa shape index (κ3) is 1.98. The number of piperidine rings is 1. The molecule has 33 heavy (non-hydrogen) atoms. The van der Waals surface area contributed by atoms with Crippen LogP contribution in [0.15, 0.2) is 0 Å². The zero-order chi connectivity index (χ0) is 23.0. The van der Waals surface area contributed by atoms with Crippen LogP contribution in [0.1, 0.15) is 32.6 Å². The molecule has 186 valence electrons. The molecule has 13 atom stereocenters. The quantitative estimate of drug-likeness (QED) is 0.612. The second kappa shape index (κ2) is 6.71. The van der Waals surface area contributed by atoms with Gasteiger partial charge >= 0.3 is 0 Å². The number of aliphatic hydroxyl groups excluding tert-OH is 2. The van der Waals surface area contributed by atoms with E-state index in [1.54, 1.807) is 21.3 Å². The largest absolute Gasteiger partial charge is 0.392 e. The van der Waals surface area contributed by atoms with Crippen molar-refractivity contribution in [2.24, 2.45) is 34.5 Å². The second-order valence-electron chi connectivity index (χ2n) is 12.0. The summed E-state index contributed by atoms with van der Waals surface area (Å²) < 4.78 is 31.9. The highest BCUT2D eigenvalue weighted by Gasteiger charge is 2.93. The van der Waals surface area contributed by atoms with E-state index in [-0.39, 0.29) is 54.1 Å². The van der Waals surface area contributed by atoms with Crippen molar-refractivity contribution in [3.05, 3.63) is 0 Å². The Labute approximate surface area is 195 Å². The van der Waals surface area contributed by atoms with Crippen LogP contribution in [0.5, 0.6) is 0 Å². The number of hydrogen-bond donors (Lipinski definition) is 2. The molecule has 2 heterocycles. The molecule has 7 aliphatic rings. The summed E-state index contributed by atoms with van der Waals surface area (Å²) in [6, 6.07) is -0.0180. The maximum absolute atomic E-state index is 12.0. The van der Waals surface area contributed by atoms with Crippen molar-refractivity contribution in [3.63, 3.8) is 0 Å². The minimum Gasteiger partial charge on any atom is -0.392 e. The van der Waals surface area contributed by atoms with Crippen molar-refractivity contribution in [2.45, 2.75) is 74.3 Å². The summed E-state index contributed by atoms with van der Waals surface area (Å²) in [6.07, 6.45) is 1.90. The van der Waals surface area contributed by atoms with Crippen molar-refractivity contribution in [3.8, 4) is 0 Å². The summed E-state index contributed by atoms with van der Waals surface area (Å²) in [4.78, 5) is 2.56. The van der Waals surface area contributed by atoms with E-state index in [9.17, 15) is 10.2 Å². The van der Waals surface area contributed by atoms with Gasteiger partial charge in [-0.2, -0.15) is 0 Å². The second-order valence-corrected chi connectivity index (χ2v) is 12.0. The molecule has 0 unspecified atom stereocenters. The fourth-order valence-corrected chi connectivity index (χ4v) is 11.4. The number of likely N-dealkylation sites (tertiary alicyclic amines) is 1. The molecule has 8 nitrogen and oxygen atoms in total. The van der Waals surface area contributed by atoms with Crippen LogP contribution in [0, 0.1) is 34.5 Å². The van der Waals surface area contributed by atoms with E-state index in [4.69, 9.17) is 23.7 Å². The molecule has 2 saturated heterocycles. The van der Waals surface area contributed by atoms with Crippen LogP contribution >= 0.6 is 0 Å². The number of likely N-dealkylation sites (N-methyl/N-ethyl adjacent to an activating group) is 1. The molecular formula is C25H39NO7. The molecular weight excluding hydrogens is 426 g/mol. The van der Waals surface area contributed by atoms with Gasteiger partial charge in [0.2, 0.25) is 0 Å². The molecule has 3 spiro atoms. The van der Waals surface area contributed by atoms with Gasteiger partial charge in [0.1, 0.15) is 18.0 Å². The molecule has 0 radical (unpaired) electrons. The minimum atomic E-state index is -0.753. The summed E-state index contributed by atoms with van der Waals surface area (Å²) in [7, 11) is 5.34. The Balaban J connectivity index is 1.56. The Morgan fingerprint density at radius 2 is 1.94 bits per heavy atom. The predicted molar refractivity (Wildman–Crippen MR) is 116 cm³/mol. The molecule has 2 aliphatic heterocycles. The van der Waals surface area contributed by atoms with Gasteiger partial charge in [0, 0.05) is 62.9 Å². The molecule has 0 amide bonds. The molecule has 2 N–H and O–H groups in total. The van der Waals surface area contributed by atoms with Crippen LogP contribution in [0.4, 0.5) is 0 Å². The molecule has 7 bridgehead atoms. The van der Waals surface area contributed by atoms with Gasteiger partial charge in [0.15, 0.2) is 0 Å². The van der Waals surface area contributed by atoms with E-state index < -0.39 is 28.8 Å². The Morgan fingerprint density at radius 1 is 1.12 bits per heavy atom. The van der Waals surface area contributed by atoms with E-state index in [0.29, 0.717) is 13.0 Å². The fraction of sp³-hybridized carbons (Fsp3) is 1.00. The average molecular weight is 466 g/mol. The van der Waals surface area contributed by atoms with Crippen LogP contribution in [-0.4, -0.2) is 105 Å². The van der Waals surface area contributed by atoms with Gasteiger partial charge in [-0.05, 0) is 31.7 Å². The van der Waals surface area contributed by atoms with E-state index in [1.807, 2.05) is 0 Å². The van der Waals surface area contributed by atoms with Crippen LogP contribution in [0.25, 0.3) is 0 Å². The van der Waals surface area contributed by atoms with Gasteiger partial charge in [0.05, 0.1) is 37.1 Å². The summed E-state index contributed by atoms with van der Waals surface area (Å²) in [5.41, 5.74) is -1.99. The Kier molecular flexibility index (Phi) is 4.46. The molecule has 0 aromatic rings. The van der Waals surface area contributed by atoms with E-state index >= 15 is 0 Å². The van der Waals surface area contributed by atoms with Gasteiger partial charge in [0.25, 0.3) is 0 Å². The lowest BCUT2D eigenvalue weighted by atomic mass is 9.42. The summed E-state index contributed by atoms with van der Waals surface area (Å²) in [5.74, 6) is 0.199.